The maximum atomic E-state index is 11.1. The molecule has 6 heteroatoms. The smallest absolute Gasteiger partial charge is 0.115 e. The molecule has 3 aromatic rings. The predicted molar refractivity (Wildman–Crippen MR) is 123 cm³/mol. The van der Waals surface area contributed by atoms with Crippen molar-refractivity contribution >= 4 is 0 Å². The van der Waals surface area contributed by atoms with Crippen LogP contribution in [0.2, 0.25) is 0 Å². The second kappa shape index (κ2) is 11.5. The van der Waals surface area contributed by atoms with Crippen LogP contribution in [0.1, 0.15) is 16.7 Å². The first kappa shape index (κ1) is 23.6. The lowest BCUT2D eigenvalue weighted by molar-refractivity contribution is -0.262. The van der Waals surface area contributed by atoms with E-state index in [0.29, 0.717) is 0 Å². The van der Waals surface area contributed by atoms with Crippen molar-refractivity contribution < 1.29 is 29.5 Å². The Labute approximate surface area is 194 Å². The Morgan fingerprint density at radius 3 is 1.12 bits per heavy atom. The van der Waals surface area contributed by atoms with Crippen molar-refractivity contribution in [3.8, 4) is 0 Å². The quantitative estimate of drug-likeness (QED) is 0.465. The van der Waals surface area contributed by atoms with E-state index in [-0.39, 0.29) is 19.8 Å². The highest BCUT2D eigenvalue weighted by Gasteiger charge is 2.51. The van der Waals surface area contributed by atoms with Crippen molar-refractivity contribution in [2.75, 3.05) is 0 Å². The largest absolute Gasteiger partial charge is 0.387 e. The Balaban J connectivity index is 1.49. The van der Waals surface area contributed by atoms with Gasteiger partial charge in [0.2, 0.25) is 0 Å². The van der Waals surface area contributed by atoms with Crippen molar-refractivity contribution in [3.63, 3.8) is 0 Å². The van der Waals surface area contributed by atoms with Crippen LogP contribution in [-0.4, -0.2) is 51.9 Å². The van der Waals surface area contributed by atoms with Crippen LogP contribution >= 0.6 is 0 Å². The molecule has 1 aliphatic carbocycles. The summed E-state index contributed by atoms with van der Waals surface area (Å²) in [5.41, 5.74) is 2.74. The molecule has 0 amide bonds. The SMILES string of the molecule is O[C@@H]1[C@H](O)[C@H](OCc2ccccc2)[C@H](OCc2ccccc2)[C@@H](O)[C@@H]1OCc1ccccc1. The number of hydrogen-bond donors (Lipinski definition) is 3. The zero-order chi connectivity index (χ0) is 23.0. The van der Waals surface area contributed by atoms with Gasteiger partial charge in [0, 0.05) is 0 Å². The molecule has 4 rings (SSSR count). The standard InChI is InChI=1S/C27H30O6/c28-22-23(29)26(32-17-20-12-6-2-7-13-20)27(33-18-21-14-8-3-9-15-21)24(30)25(22)31-16-19-10-4-1-5-11-19/h1-15,22-30H,16-18H2/t22-,23+,24+,25-,26+,27-/m1/s1. The molecule has 0 spiro atoms. The van der Waals surface area contributed by atoms with E-state index in [2.05, 4.69) is 0 Å². The summed E-state index contributed by atoms with van der Waals surface area (Å²) in [6.45, 7) is 0.623. The molecule has 1 fully saturated rings. The molecule has 0 heterocycles. The molecule has 0 saturated heterocycles. The van der Waals surface area contributed by atoms with E-state index in [9.17, 15) is 15.3 Å². The molecule has 0 radical (unpaired) electrons. The van der Waals surface area contributed by atoms with Gasteiger partial charge < -0.3 is 29.5 Å². The highest BCUT2D eigenvalue weighted by atomic mass is 16.6. The van der Waals surface area contributed by atoms with Crippen LogP contribution < -0.4 is 0 Å². The van der Waals surface area contributed by atoms with E-state index in [4.69, 9.17) is 14.2 Å². The fraction of sp³-hybridized carbons (Fsp3) is 0.333. The maximum Gasteiger partial charge on any atom is 0.115 e. The van der Waals surface area contributed by atoms with E-state index in [1.807, 2.05) is 91.0 Å². The molecule has 0 unspecified atom stereocenters. The molecule has 1 saturated carbocycles. The van der Waals surface area contributed by atoms with Gasteiger partial charge in [0.1, 0.15) is 36.6 Å². The lowest BCUT2D eigenvalue weighted by Crippen LogP contribution is -2.65. The molecular formula is C27H30O6. The molecule has 33 heavy (non-hydrogen) atoms. The van der Waals surface area contributed by atoms with Gasteiger partial charge in [0.15, 0.2) is 0 Å². The van der Waals surface area contributed by atoms with Crippen LogP contribution in [0.15, 0.2) is 91.0 Å². The van der Waals surface area contributed by atoms with Crippen LogP contribution in [0.3, 0.4) is 0 Å². The highest BCUT2D eigenvalue weighted by Crippen LogP contribution is 2.30. The third-order valence-electron chi connectivity index (χ3n) is 5.88. The molecule has 6 nitrogen and oxygen atoms in total. The van der Waals surface area contributed by atoms with Gasteiger partial charge in [-0.3, -0.25) is 0 Å². The summed E-state index contributed by atoms with van der Waals surface area (Å²) < 4.78 is 17.9. The summed E-state index contributed by atoms with van der Waals surface area (Å²) in [6, 6.07) is 28.6. The first-order valence-corrected chi connectivity index (χ1v) is 11.1. The van der Waals surface area contributed by atoms with E-state index < -0.39 is 36.6 Å². The van der Waals surface area contributed by atoms with E-state index in [1.54, 1.807) is 0 Å². The Hall–Kier alpha value is -2.58. The summed E-state index contributed by atoms with van der Waals surface area (Å²) in [6.07, 6.45) is -6.68. The molecule has 0 aliphatic heterocycles. The summed E-state index contributed by atoms with van der Waals surface area (Å²) in [4.78, 5) is 0. The van der Waals surface area contributed by atoms with Crippen LogP contribution in [0.5, 0.6) is 0 Å². The molecule has 3 N–H and O–H groups in total. The molecule has 1 aliphatic rings. The van der Waals surface area contributed by atoms with Gasteiger partial charge in [-0.1, -0.05) is 91.0 Å². The van der Waals surface area contributed by atoms with Crippen LogP contribution in [0.4, 0.5) is 0 Å². The number of aliphatic hydroxyl groups is 3. The number of rotatable bonds is 9. The maximum absolute atomic E-state index is 11.1. The number of benzene rings is 3. The van der Waals surface area contributed by atoms with Crippen molar-refractivity contribution in [3.05, 3.63) is 108 Å². The van der Waals surface area contributed by atoms with Crippen LogP contribution in [0.25, 0.3) is 0 Å². The fourth-order valence-corrected chi connectivity index (χ4v) is 4.05. The number of hydrogen-bond acceptors (Lipinski definition) is 6. The average Bonchev–Trinajstić information content (AvgIpc) is 2.86. The van der Waals surface area contributed by atoms with Crippen molar-refractivity contribution in [1.82, 2.24) is 0 Å². The molecule has 6 atom stereocenters. The monoisotopic (exact) mass is 450 g/mol. The Kier molecular flexibility index (Phi) is 8.23. The van der Waals surface area contributed by atoms with Crippen LogP contribution in [0, 0.1) is 0 Å². The van der Waals surface area contributed by atoms with Gasteiger partial charge in [-0.05, 0) is 16.7 Å². The fourth-order valence-electron chi connectivity index (χ4n) is 4.05. The second-order valence-electron chi connectivity index (χ2n) is 8.26. The lowest BCUT2D eigenvalue weighted by Gasteiger charge is -2.45. The van der Waals surface area contributed by atoms with Crippen molar-refractivity contribution in [2.24, 2.45) is 0 Å². The Morgan fingerprint density at radius 1 is 0.424 bits per heavy atom. The van der Waals surface area contributed by atoms with Crippen molar-refractivity contribution in [1.29, 1.82) is 0 Å². The highest BCUT2D eigenvalue weighted by molar-refractivity contribution is 5.16. The summed E-state index contributed by atoms with van der Waals surface area (Å²) in [5, 5.41) is 32.8. The molecule has 0 aromatic heterocycles. The molecule has 0 bridgehead atoms. The molecule has 3 aromatic carbocycles. The molecular weight excluding hydrogens is 420 g/mol. The van der Waals surface area contributed by atoms with Crippen molar-refractivity contribution in [2.45, 2.75) is 56.4 Å². The first-order chi connectivity index (χ1) is 16.1. The summed E-state index contributed by atoms with van der Waals surface area (Å²) in [7, 11) is 0. The van der Waals surface area contributed by atoms with E-state index >= 15 is 0 Å². The predicted octanol–water partition coefficient (Wildman–Crippen LogP) is 2.84. The Bertz CT molecular complexity index is 952. The van der Waals surface area contributed by atoms with Gasteiger partial charge >= 0.3 is 0 Å². The first-order valence-electron chi connectivity index (χ1n) is 11.1. The Morgan fingerprint density at radius 2 is 0.727 bits per heavy atom. The number of aliphatic hydroxyl groups excluding tert-OH is 3. The van der Waals surface area contributed by atoms with Crippen LogP contribution in [-0.2, 0) is 34.0 Å². The van der Waals surface area contributed by atoms with Gasteiger partial charge in [-0.15, -0.1) is 0 Å². The minimum absolute atomic E-state index is 0.188. The third kappa shape index (κ3) is 6.06. The average molecular weight is 451 g/mol. The second-order valence-corrected chi connectivity index (χ2v) is 8.26. The van der Waals surface area contributed by atoms with E-state index in [1.165, 1.54) is 0 Å². The van der Waals surface area contributed by atoms with Gasteiger partial charge in [0.05, 0.1) is 19.8 Å². The van der Waals surface area contributed by atoms with Gasteiger partial charge in [0.25, 0.3) is 0 Å². The summed E-state index contributed by atoms with van der Waals surface area (Å²) >= 11 is 0. The third-order valence-corrected chi connectivity index (χ3v) is 5.88. The normalized spacial score (nSPS) is 27.4. The minimum Gasteiger partial charge on any atom is -0.387 e. The van der Waals surface area contributed by atoms with E-state index in [0.717, 1.165) is 16.7 Å². The minimum atomic E-state index is -1.33. The zero-order valence-electron chi connectivity index (χ0n) is 18.3. The number of ether oxygens (including phenoxy) is 3. The zero-order valence-corrected chi connectivity index (χ0v) is 18.3. The molecule has 174 valence electrons. The van der Waals surface area contributed by atoms with Gasteiger partial charge in [-0.2, -0.15) is 0 Å². The van der Waals surface area contributed by atoms with Gasteiger partial charge in [-0.25, -0.2) is 0 Å². The lowest BCUT2D eigenvalue weighted by atomic mass is 9.84. The topological polar surface area (TPSA) is 88.4 Å². The summed E-state index contributed by atoms with van der Waals surface area (Å²) in [5.74, 6) is 0.